The topological polar surface area (TPSA) is 231 Å². The van der Waals surface area contributed by atoms with Gasteiger partial charge in [0.15, 0.2) is 0 Å². The van der Waals surface area contributed by atoms with E-state index in [0.29, 0.717) is 0 Å². The van der Waals surface area contributed by atoms with Gasteiger partial charge in [-0.15, -0.1) is 0 Å². The highest BCUT2D eigenvalue weighted by atomic mass is 32.1. The molecule has 2 amide bonds. The van der Waals surface area contributed by atoms with Crippen LogP contribution in [0.2, 0.25) is 0 Å². The van der Waals surface area contributed by atoms with Crippen LogP contribution >= 0.6 is 25.3 Å². The molecule has 0 rings (SSSR count). The number of aliphatic carboxylic acids is 2. The summed E-state index contributed by atoms with van der Waals surface area (Å²) in [5.41, 5.74) is 8.67. The lowest BCUT2D eigenvalue weighted by Crippen LogP contribution is -1.95. The number of hydrogen-bond acceptors (Lipinski definition) is 6. The van der Waals surface area contributed by atoms with Crippen LogP contribution in [0.15, 0.2) is 0 Å². The zero-order chi connectivity index (χ0) is 14.3. The largest absolute Gasteiger partial charge is 0.481 e. The molecule has 0 aromatic rings. The van der Waals surface area contributed by atoms with Gasteiger partial charge in [0, 0.05) is 13.8 Å². The van der Waals surface area contributed by atoms with Gasteiger partial charge in [-0.2, -0.15) is 0 Å². The minimum absolute atomic E-state index is 0. The summed E-state index contributed by atoms with van der Waals surface area (Å²) in [4.78, 5) is 36.2. The Hall–Kier alpha value is -1.50. The predicted octanol–water partition coefficient (Wildman–Crippen LogP) is 0.496. The Morgan fingerprint density at radius 3 is 0.778 bits per heavy atom. The van der Waals surface area contributed by atoms with Gasteiger partial charge in [0.1, 0.15) is 0 Å². The van der Waals surface area contributed by atoms with E-state index in [2.05, 4.69) is 36.7 Å². The minimum Gasteiger partial charge on any atom is -0.481 e. The summed E-state index contributed by atoms with van der Waals surface area (Å²) in [6.07, 6.45) is 0. The highest BCUT2D eigenvalue weighted by Gasteiger charge is 1.66. The van der Waals surface area contributed by atoms with Crippen LogP contribution < -0.4 is 23.8 Å². The number of nitrogens with two attached hydrogens (primary N) is 2. The molecule has 0 heterocycles. The maximum atomic E-state index is 9.09. The van der Waals surface area contributed by atoms with E-state index in [0.717, 1.165) is 13.8 Å². The Balaban J connectivity index is -0.0000000257. The van der Waals surface area contributed by atoms with Crippen molar-refractivity contribution in [1.29, 1.82) is 0 Å². The lowest BCUT2D eigenvalue weighted by molar-refractivity contribution is -0.135. The molecule has 0 aromatic carbocycles. The molecule has 0 aliphatic heterocycles. The third kappa shape index (κ3) is 1170. The van der Waals surface area contributed by atoms with E-state index in [9.17, 15) is 0 Å². The summed E-state index contributed by atoms with van der Waals surface area (Å²) in [5, 5.41) is 13.6. The van der Waals surface area contributed by atoms with E-state index in [4.69, 9.17) is 29.4 Å². The van der Waals surface area contributed by atoms with Crippen LogP contribution in [0.4, 0.5) is 9.59 Å². The van der Waals surface area contributed by atoms with Crippen molar-refractivity contribution >= 4 is 47.7 Å². The Labute approximate surface area is 115 Å². The fourth-order valence-corrected chi connectivity index (χ4v) is 0. The number of primary amides is 2. The van der Waals surface area contributed by atoms with Crippen molar-refractivity contribution in [3.8, 4) is 0 Å². The maximum absolute atomic E-state index is 9.09. The standard InChI is InChI=1S/2C2H4O2.2CH3NOS.2H3N/c2*1-2(3)4;2*2-1(3)4;;/h2*1H3,(H,3,4);2*(H3,2,3,4);2*1H3. The van der Waals surface area contributed by atoms with Gasteiger partial charge in [-0.3, -0.25) is 19.2 Å². The van der Waals surface area contributed by atoms with Crippen molar-refractivity contribution in [1.82, 2.24) is 12.3 Å². The third-order valence-electron chi connectivity index (χ3n) is 0. The third-order valence-corrected chi connectivity index (χ3v) is 0. The first-order valence-electron chi connectivity index (χ1n) is 3.29. The molecule has 0 aromatic heterocycles. The quantitative estimate of drug-likeness (QED) is 0.292. The van der Waals surface area contributed by atoms with Crippen LogP contribution in [0, 0.1) is 0 Å². The summed E-state index contributed by atoms with van der Waals surface area (Å²) >= 11 is 6.21. The summed E-state index contributed by atoms with van der Waals surface area (Å²) in [6.45, 7) is 2.17. The molecule has 0 bridgehead atoms. The van der Waals surface area contributed by atoms with Crippen molar-refractivity contribution in [2.24, 2.45) is 11.5 Å². The summed E-state index contributed by atoms with van der Waals surface area (Å²) in [6, 6.07) is 0. The van der Waals surface area contributed by atoms with Crippen molar-refractivity contribution in [3.05, 3.63) is 0 Å². The molecule has 10 nitrogen and oxygen atoms in total. The van der Waals surface area contributed by atoms with Gasteiger partial charge >= 0.3 is 0 Å². The first-order valence-corrected chi connectivity index (χ1v) is 4.18. The van der Waals surface area contributed by atoms with Crippen LogP contribution in [0.1, 0.15) is 13.8 Å². The fourth-order valence-electron chi connectivity index (χ4n) is 0. The van der Waals surface area contributed by atoms with Crippen molar-refractivity contribution < 1.29 is 29.4 Å². The van der Waals surface area contributed by atoms with Gasteiger partial charge in [0.25, 0.3) is 22.4 Å². The van der Waals surface area contributed by atoms with Crippen LogP contribution in [0.3, 0.4) is 0 Å². The van der Waals surface area contributed by atoms with Crippen LogP contribution in [-0.4, -0.2) is 32.6 Å². The Morgan fingerprint density at radius 1 is 0.778 bits per heavy atom. The van der Waals surface area contributed by atoms with Gasteiger partial charge in [-0.25, -0.2) is 0 Å². The predicted molar refractivity (Wildman–Crippen MR) is 73.8 cm³/mol. The summed E-state index contributed by atoms with van der Waals surface area (Å²) in [5.74, 6) is -1.67. The lowest BCUT2D eigenvalue weighted by atomic mass is 10.9. The molecule has 0 saturated carbocycles. The first kappa shape index (κ1) is 36.0. The molecule has 0 radical (unpaired) electrons. The second kappa shape index (κ2) is 29.6. The van der Waals surface area contributed by atoms with Crippen molar-refractivity contribution in [2.45, 2.75) is 13.8 Å². The molecule has 0 aliphatic rings. The van der Waals surface area contributed by atoms with Gasteiger partial charge in [0.2, 0.25) is 0 Å². The molecule has 0 unspecified atom stereocenters. The molecule has 0 fully saturated rings. The Morgan fingerprint density at radius 2 is 0.778 bits per heavy atom. The summed E-state index contributed by atoms with van der Waals surface area (Å²) < 4.78 is 0. The smallest absolute Gasteiger partial charge is 0.300 e. The van der Waals surface area contributed by atoms with Crippen molar-refractivity contribution in [2.75, 3.05) is 0 Å². The molecular weight excluding hydrogens is 288 g/mol. The first-order chi connectivity index (χ1) is 6.93. The molecule has 18 heavy (non-hydrogen) atoms. The second-order valence-electron chi connectivity index (χ2n) is 1.71. The van der Waals surface area contributed by atoms with Crippen LogP contribution in [0.5, 0.6) is 0 Å². The molecule has 12 heteroatoms. The van der Waals surface area contributed by atoms with Crippen molar-refractivity contribution in [3.63, 3.8) is 0 Å². The number of carboxylic acids is 2. The molecule has 0 atom stereocenters. The monoisotopic (exact) mass is 308 g/mol. The average Bonchev–Trinajstić information content (AvgIpc) is 1.76. The lowest BCUT2D eigenvalue weighted by Gasteiger charge is -1.59. The van der Waals surface area contributed by atoms with E-state index in [-0.39, 0.29) is 12.3 Å². The number of carbonyl (C=O) groups excluding carboxylic acids is 2. The fraction of sp³-hybridized carbons (Fsp3) is 0.333. The summed E-state index contributed by atoms with van der Waals surface area (Å²) in [7, 11) is 0. The number of hydrogen-bond donors (Lipinski definition) is 8. The molecule has 0 saturated heterocycles. The number of thiol groups is 2. The number of amides is 2. The van der Waals surface area contributed by atoms with E-state index in [1.807, 2.05) is 0 Å². The van der Waals surface area contributed by atoms with Gasteiger partial charge < -0.3 is 34.0 Å². The maximum Gasteiger partial charge on any atom is 0.300 e. The van der Waals surface area contributed by atoms with E-state index in [1.165, 1.54) is 0 Å². The van der Waals surface area contributed by atoms with Crippen LogP contribution in [0.25, 0.3) is 0 Å². The zero-order valence-corrected chi connectivity index (χ0v) is 11.8. The van der Waals surface area contributed by atoms with E-state index in [1.54, 1.807) is 0 Å². The van der Waals surface area contributed by atoms with Gasteiger partial charge in [-0.05, 0) is 0 Å². The Kier molecular flexibility index (Phi) is 59.0. The molecule has 12 N–H and O–H groups in total. The average molecular weight is 308 g/mol. The molecule has 0 spiro atoms. The minimum atomic E-state index is -0.833. The highest BCUT2D eigenvalue weighted by Crippen LogP contribution is 1.61. The normalized spacial score (nSPS) is 5.56. The zero-order valence-electron chi connectivity index (χ0n) is 9.99. The van der Waals surface area contributed by atoms with Crippen LogP contribution in [-0.2, 0) is 9.59 Å². The SMILES string of the molecule is CC(=O)O.CC(=O)O.N.N.NC(=O)S.NC(=O)S. The van der Waals surface area contributed by atoms with Gasteiger partial charge in [-0.1, -0.05) is 25.3 Å². The number of rotatable bonds is 0. The van der Waals surface area contributed by atoms with E-state index >= 15 is 0 Å². The number of carbonyl (C=O) groups is 4. The molecule has 0 aliphatic carbocycles. The van der Waals surface area contributed by atoms with E-state index < -0.39 is 22.4 Å². The second-order valence-corrected chi connectivity index (χ2v) is 2.60. The molecule has 112 valence electrons. The molecular formula is C6H20N4O6S2. The Bertz CT molecular complexity index is 174. The highest BCUT2D eigenvalue weighted by molar-refractivity contribution is 7.96. The number of carboxylic acid groups (broad SMARTS) is 2. The van der Waals surface area contributed by atoms with Gasteiger partial charge in [0.05, 0.1) is 0 Å².